The van der Waals surface area contributed by atoms with Crippen molar-refractivity contribution in [3.05, 3.63) is 23.8 Å². The van der Waals surface area contributed by atoms with E-state index >= 15 is 0 Å². The van der Waals surface area contributed by atoms with Gasteiger partial charge in [-0.15, -0.1) is 0 Å². The van der Waals surface area contributed by atoms with Gasteiger partial charge in [0.05, 0.1) is 23.5 Å². The number of nitrogens with one attached hydrogen (secondary N) is 1. The number of hydrogen-bond acceptors (Lipinski definition) is 5. The Morgan fingerprint density at radius 1 is 1.43 bits per heavy atom. The molecule has 2 aliphatic rings. The molecule has 114 valence electrons. The number of carbonyl (C=O) groups excluding carboxylic acids is 1. The van der Waals surface area contributed by atoms with Crippen molar-refractivity contribution in [1.29, 1.82) is 0 Å². The Bertz CT molecular complexity index is 528. The molecule has 1 saturated heterocycles. The molecule has 1 saturated carbocycles. The molecule has 0 spiro atoms. The van der Waals surface area contributed by atoms with Gasteiger partial charge >= 0.3 is 5.97 Å². The van der Waals surface area contributed by atoms with E-state index in [9.17, 15) is 4.79 Å². The zero-order valence-electron chi connectivity index (χ0n) is 12.5. The number of carbonyl (C=O) groups is 1. The highest BCUT2D eigenvalue weighted by Gasteiger charge is 2.34. The maximum atomic E-state index is 11.8. The van der Waals surface area contributed by atoms with Crippen LogP contribution >= 0.6 is 0 Å². The number of anilines is 2. The minimum absolute atomic E-state index is 0.299. The largest absolute Gasteiger partial charge is 0.462 e. The molecule has 3 N–H and O–H groups in total. The lowest BCUT2D eigenvalue weighted by Crippen LogP contribution is -2.28. The van der Waals surface area contributed by atoms with E-state index in [0.717, 1.165) is 31.2 Å². The summed E-state index contributed by atoms with van der Waals surface area (Å²) < 4.78 is 5.03. The van der Waals surface area contributed by atoms with E-state index in [2.05, 4.69) is 10.2 Å². The minimum atomic E-state index is -0.299. The molecule has 3 rings (SSSR count). The van der Waals surface area contributed by atoms with Crippen LogP contribution in [-0.4, -0.2) is 42.6 Å². The molecule has 0 aromatic heterocycles. The van der Waals surface area contributed by atoms with Crippen molar-refractivity contribution in [3.63, 3.8) is 0 Å². The second-order valence-corrected chi connectivity index (χ2v) is 5.88. The molecule has 1 heterocycles. The van der Waals surface area contributed by atoms with Crippen LogP contribution in [0.5, 0.6) is 0 Å². The molecule has 1 atom stereocenters. The zero-order valence-corrected chi connectivity index (χ0v) is 12.5. The lowest BCUT2D eigenvalue weighted by Gasteiger charge is -2.18. The standard InChI is InChI=1S/C16H23N3O2/c1-2-21-16(20)11-3-6-14(17)15(9-11)18-12-7-8-19(10-12)13-4-5-13/h3,6,9,12-13,18H,2,4-5,7-8,10,17H2,1H3. The van der Waals surface area contributed by atoms with Crippen LogP contribution in [0.1, 0.15) is 36.5 Å². The summed E-state index contributed by atoms with van der Waals surface area (Å²) in [5.41, 5.74) is 8.08. The second kappa shape index (κ2) is 5.93. The second-order valence-electron chi connectivity index (χ2n) is 5.88. The fraction of sp³-hybridized carbons (Fsp3) is 0.562. The predicted molar refractivity (Wildman–Crippen MR) is 83.4 cm³/mol. The third-order valence-electron chi connectivity index (χ3n) is 4.21. The van der Waals surface area contributed by atoms with Gasteiger partial charge in [0, 0.05) is 25.2 Å². The van der Waals surface area contributed by atoms with Gasteiger partial charge < -0.3 is 15.8 Å². The molecule has 0 bridgehead atoms. The normalized spacial score (nSPS) is 22.2. The van der Waals surface area contributed by atoms with Crippen LogP contribution in [0.2, 0.25) is 0 Å². The minimum Gasteiger partial charge on any atom is -0.462 e. The van der Waals surface area contributed by atoms with Gasteiger partial charge in [0.2, 0.25) is 0 Å². The summed E-state index contributed by atoms with van der Waals surface area (Å²) in [6, 6.07) is 6.49. The van der Waals surface area contributed by atoms with Gasteiger partial charge in [-0.2, -0.15) is 0 Å². The van der Waals surface area contributed by atoms with Gasteiger partial charge in [-0.3, -0.25) is 4.90 Å². The number of ether oxygens (including phenoxy) is 1. The molecule has 21 heavy (non-hydrogen) atoms. The van der Waals surface area contributed by atoms with Crippen LogP contribution in [-0.2, 0) is 4.74 Å². The predicted octanol–water partition coefficient (Wildman–Crippen LogP) is 2.09. The van der Waals surface area contributed by atoms with Crippen LogP contribution in [0.4, 0.5) is 11.4 Å². The summed E-state index contributed by atoms with van der Waals surface area (Å²) in [6.07, 6.45) is 3.81. The number of nitrogens with two attached hydrogens (primary N) is 1. The monoisotopic (exact) mass is 289 g/mol. The van der Waals surface area contributed by atoms with E-state index in [0.29, 0.717) is 23.9 Å². The summed E-state index contributed by atoms with van der Waals surface area (Å²) in [7, 11) is 0. The average Bonchev–Trinajstić information content (AvgIpc) is 3.22. The average molecular weight is 289 g/mol. The Balaban J connectivity index is 1.66. The molecule has 0 amide bonds. The van der Waals surface area contributed by atoms with Gasteiger partial charge in [-0.05, 0) is 44.4 Å². The van der Waals surface area contributed by atoms with E-state index in [-0.39, 0.29) is 5.97 Å². The highest BCUT2D eigenvalue weighted by Crippen LogP contribution is 2.31. The van der Waals surface area contributed by atoms with Crippen LogP contribution in [0, 0.1) is 0 Å². The summed E-state index contributed by atoms with van der Waals surface area (Å²) in [4.78, 5) is 14.3. The lowest BCUT2D eigenvalue weighted by molar-refractivity contribution is 0.0526. The highest BCUT2D eigenvalue weighted by molar-refractivity contribution is 5.92. The summed E-state index contributed by atoms with van der Waals surface area (Å²) in [5.74, 6) is -0.299. The van der Waals surface area contributed by atoms with Gasteiger partial charge in [0.1, 0.15) is 0 Å². The first kappa shape index (κ1) is 14.2. The third kappa shape index (κ3) is 3.29. The molecule has 1 unspecified atom stereocenters. The fourth-order valence-corrected chi connectivity index (χ4v) is 2.92. The molecule has 5 heteroatoms. The maximum Gasteiger partial charge on any atom is 0.338 e. The zero-order chi connectivity index (χ0) is 14.8. The lowest BCUT2D eigenvalue weighted by atomic mass is 10.1. The number of nitrogens with zero attached hydrogens (tertiary/aromatic N) is 1. The van der Waals surface area contributed by atoms with Crippen LogP contribution < -0.4 is 11.1 Å². The number of benzene rings is 1. The molecule has 2 fully saturated rings. The number of esters is 1. The van der Waals surface area contributed by atoms with E-state index in [1.807, 2.05) is 0 Å². The molecular weight excluding hydrogens is 266 g/mol. The maximum absolute atomic E-state index is 11.8. The van der Waals surface area contributed by atoms with Gasteiger partial charge in [0.25, 0.3) is 0 Å². The van der Waals surface area contributed by atoms with E-state index in [1.54, 1.807) is 25.1 Å². The van der Waals surface area contributed by atoms with Gasteiger partial charge in [-0.25, -0.2) is 4.79 Å². The smallest absolute Gasteiger partial charge is 0.338 e. The van der Waals surface area contributed by atoms with Crippen LogP contribution in [0.25, 0.3) is 0 Å². The third-order valence-corrected chi connectivity index (χ3v) is 4.21. The van der Waals surface area contributed by atoms with Crippen LogP contribution in [0.15, 0.2) is 18.2 Å². The summed E-state index contributed by atoms with van der Waals surface area (Å²) in [5, 5.41) is 3.48. The summed E-state index contributed by atoms with van der Waals surface area (Å²) in [6.45, 7) is 4.40. The van der Waals surface area contributed by atoms with Crippen molar-refractivity contribution >= 4 is 17.3 Å². The van der Waals surface area contributed by atoms with Gasteiger partial charge in [-0.1, -0.05) is 0 Å². The molecular formula is C16H23N3O2. The number of likely N-dealkylation sites (tertiary alicyclic amines) is 1. The Kier molecular flexibility index (Phi) is 4.01. The Morgan fingerprint density at radius 3 is 2.95 bits per heavy atom. The Morgan fingerprint density at radius 2 is 2.24 bits per heavy atom. The van der Waals surface area contributed by atoms with Crippen LogP contribution in [0.3, 0.4) is 0 Å². The molecule has 1 aliphatic heterocycles. The molecule has 0 radical (unpaired) electrons. The fourth-order valence-electron chi connectivity index (χ4n) is 2.92. The number of rotatable bonds is 5. The van der Waals surface area contributed by atoms with Crippen molar-refractivity contribution < 1.29 is 9.53 Å². The van der Waals surface area contributed by atoms with E-state index in [4.69, 9.17) is 10.5 Å². The van der Waals surface area contributed by atoms with Crippen molar-refractivity contribution in [1.82, 2.24) is 4.90 Å². The van der Waals surface area contributed by atoms with Gasteiger partial charge in [0.15, 0.2) is 0 Å². The first-order chi connectivity index (χ1) is 10.2. The molecule has 1 aliphatic carbocycles. The number of hydrogen-bond donors (Lipinski definition) is 2. The van der Waals surface area contributed by atoms with Crippen molar-refractivity contribution in [2.24, 2.45) is 0 Å². The molecule has 1 aromatic rings. The first-order valence-electron chi connectivity index (χ1n) is 7.74. The van der Waals surface area contributed by atoms with Crippen molar-refractivity contribution in [2.45, 2.75) is 38.3 Å². The summed E-state index contributed by atoms with van der Waals surface area (Å²) >= 11 is 0. The SMILES string of the molecule is CCOC(=O)c1ccc(N)c(NC2CCN(C3CC3)C2)c1. The Labute approximate surface area is 125 Å². The first-order valence-corrected chi connectivity index (χ1v) is 7.74. The highest BCUT2D eigenvalue weighted by atomic mass is 16.5. The number of nitrogen functional groups attached to an aromatic ring is 1. The molecule has 5 nitrogen and oxygen atoms in total. The quantitative estimate of drug-likeness (QED) is 0.642. The molecule has 1 aromatic carbocycles. The van der Waals surface area contributed by atoms with E-state index < -0.39 is 0 Å². The van der Waals surface area contributed by atoms with Crippen molar-refractivity contribution in [2.75, 3.05) is 30.7 Å². The van der Waals surface area contributed by atoms with E-state index in [1.165, 1.54) is 12.8 Å². The topological polar surface area (TPSA) is 67.6 Å². The van der Waals surface area contributed by atoms with Crippen molar-refractivity contribution in [3.8, 4) is 0 Å². The Hall–Kier alpha value is -1.75.